The van der Waals surface area contributed by atoms with Gasteiger partial charge in [0, 0.05) is 40.8 Å². The number of halogens is 1. The van der Waals surface area contributed by atoms with Gasteiger partial charge in [0.2, 0.25) is 0 Å². The number of nitro benzene ring substituents is 1. The Labute approximate surface area is 120 Å². The molecule has 0 radical (unpaired) electrons. The zero-order valence-corrected chi connectivity index (χ0v) is 11.2. The maximum atomic E-state index is 10.8. The molecule has 0 amide bonds. The first-order valence-electron chi connectivity index (χ1n) is 6.11. The van der Waals surface area contributed by atoms with Crippen LogP contribution in [-0.2, 0) is 6.54 Å². The van der Waals surface area contributed by atoms with Crippen molar-refractivity contribution in [3.63, 3.8) is 0 Å². The van der Waals surface area contributed by atoms with Gasteiger partial charge in [0.05, 0.1) is 4.92 Å². The van der Waals surface area contributed by atoms with Crippen LogP contribution >= 0.6 is 11.6 Å². The second-order valence-corrected chi connectivity index (χ2v) is 5.01. The molecule has 20 heavy (non-hydrogen) atoms. The third kappa shape index (κ3) is 2.38. The minimum Gasteiger partial charge on any atom is -0.343 e. The summed E-state index contributed by atoms with van der Waals surface area (Å²) in [5, 5.41) is 12.3. The number of aromatic nitrogens is 1. The van der Waals surface area contributed by atoms with E-state index in [1.807, 2.05) is 36.5 Å². The molecular weight excluding hydrogens is 276 g/mol. The summed E-state index contributed by atoms with van der Waals surface area (Å²) in [5.74, 6) is 0. The van der Waals surface area contributed by atoms with E-state index < -0.39 is 0 Å². The topological polar surface area (TPSA) is 48.1 Å². The van der Waals surface area contributed by atoms with Crippen LogP contribution in [-0.4, -0.2) is 9.49 Å². The molecule has 0 atom stereocenters. The Balaban J connectivity index is 1.96. The standard InChI is InChI=1S/C15H11ClN2O2/c16-13-3-1-11(2-4-13)10-17-8-7-12-9-14(18(19)20)5-6-15(12)17/h1-9H,10H2. The van der Waals surface area contributed by atoms with Gasteiger partial charge in [-0.05, 0) is 29.8 Å². The fraction of sp³-hybridized carbons (Fsp3) is 0.0667. The summed E-state index contributed by atoms with van der Waals surface area (Å²) >= 11 is 5.87. The Bertz CT molecular complexity index is 778. The van der Waals surface area contributed by atoms with Gasteiger partial charge in [-0.3, -0.25) is 10.1 Å². The fourth-order valence-electron chi connectivity index (χ4n) is 2.23. The summed E-state index contributed by atoms with van der Waals surface area (Å²) in [6.45, 7) is 0.707. The number of hydrogen-bond acceptors (Lipinski definition) is 2. The van der Waals surface area contributed by atoms with Crippen LogP contribution in [0, 0.1) is 10.1 Å². The first-order valence-corrected chi connectivity index (χ1v) is 6.49. The number of rotatable bonds is 3. The van der Waals surface area contributed by atoms with Gasteiger partial charge in [0.15, 0.2) is 0 Å². The molecular formula is C15H11ClN2O2. The molecule has 0 N–H and O–H groups in total. The third-order valence-electron chi connectivity index (χ3n) is 3.23. The van der Waals surface area contributed by atoms with Crippen molar-refractivity contribution in [3.8, 4) is 0 Å². The molecule has 0 saturated heterocycles. The monoisotopic (exact) mass is 286 g/mol. The second kappa shape index (κ2) is 4.98. The third-order valence-corrected chi connectivity index (χ3v) is 3.48. The summed E-state index contributed by atoms with van der Waals surface area (Å²) in [7, 11) is 0. The largest absolute Gasteiger partial charge is 0.343 e. The second-order valence-electron chi connectivity index (χ2n) is 4.57. The average Bonchev–Trinajstić information content (AvgIpc) is 2.84. The predicted molar refractivity (Wildman–Crippen MR) is 79.1 cm³/mol. The van der Waals surface area contributed by atoms with E-state index >= 15 is 0 Å². The highest BCUT2D eigenvalue weighted by Crippen LogP contribution is 2.23. The molecule has 0 fully saturated rings. The zero-order chi connectivity index (χ0) is 14.1. The van der Waals surface area contributed by atoms with Crippen molar-refractivity contribution in [1.29, 1.82) is 0 Å². The Morgan fingerprint density at radius 1 is 1.10 bits per heavy atom. The quantitative estimate of drug-likeness (QED) is 0.534. The van der Waals surface area contributed by atoms with E-state index in [-0.39, 0.29) is 10.6 Å². The molecule has 0 bridgehead atoms. The smallest absolute Gasteiger partial charge is 0.270 e. The Morgan fingerprint density at radius 3 is 2.55 bits per heavy atom. The van der Waals surface area contributed by atoms with E-state index in [0.29, 0.717) is 11.6 Å². The maximum absolute atomic E-state index is 10.8. The molecule has 0 saturated carbocycles. The van der Waals surface area contributed by atoms with E-state index in [2.05, 4.69) is 4.57 Å². The van der Waals surface area contributed by atoms with Gasteiger partial charge in [-0.25, -0.2) is 0 Å². The Kier molecular flexibility index (Phi) is 3.16. The van der Waals surface area contributed by atoms with Crippen molar-refractivity contribution in [2.24, 2.45) is 0 Å². The van der Waals surface area contributed by atoms with Gasteiger partial charge >= 0.3 is 0 Å². The normalized spacial score (nSPS) is 10.8. The van der Waals surface area contributed by atoms with Crippen LogP contribution in [0.15, 0.2) is 54.7 Å². The number of hydrogen-bond donors (Lipinski definition) is 0. The molecule has 5 heteroatoms. The summed E-state index contributed by atoms with van der Waals surface area (Å²) in [6, 6.07) is 14.4. The lowest BCUT2D eigenvalue weighted by Crippen LogP contribution is -1.97. The summed E-state index contributed by atoms with van der Waals surface area (Å²) < 4.78 is 2.06. The van der Waals surface area contributed by atoms with Gasteiger partial charge in [0.1, 0.15) is 0 Å². The molecule has 100 valence electrons. The van der Waals surface area contributed by atoms with Crippen LogP contribution in [0.2, 0.25) is 5.02 Å². The Hall–Kier alpha value is -2.33. The van der Waals surface area contributed by atoms with Crippen LogP contribution in [0.3, 0.4) is 0 Å². The molecule has 3 aromatic rings. The lowest BCUT2D eigenvalue weighted by Gasteiger charge is -2.05. The van der Waals surface area contributed by atoms with Crippen LogP contribution in [0.4, 0.5) is 5.69 Å². The minimum absolute atomic E-state index is 0.113. The van der Waals surface area contributed by atoms with Crippen molar-refractivity contribution in [2.45, 2.75) is 6.54 Å². The lowest BCUT2D eigenvalue weighted by atomic mass is 10.2. The number of fused-ring (bicyclic) bond motifs is 1. The first-order chi connectivity index (χ1) is 9.63. The molecule has 0 unspecified atom stereocenters. The Morgan fingerprint density at radius 2 is 1.85 bits per heavy atom. The van der Waals surface area contributed by atoms with Gasteiger partial charge in [-0.2, -0.15) is 0 Å². The number of benzene rings is 2. The average molecular weight is 287 g/mol. The van der Waals surface area contributed by atoms with Crippen molar-refractivity contribution in [3.05, 3.63) is 75.4 Å². The number of non-ortho nitro benzene ring substituents is 1. The molecule has 0 spiro atoms. The van der Waals surface area contributed by atoms with Crippen LogP contribution < -0.4 is 0 Å². The maximum Gasteiger partial charge on any atom is 0.270 e. The lowest BCUT2D eigenvalue weighted by molar-refractivity contribution is -0.384. The fourth-order valence-corrected chi connectivity index (χ4v) is 2.35. The van der Waals surface area contributed by atoms with Crippen molar-refractivity contribution < 1.29 is 4.92 Å². The molecule has 3 rings (SSSR count). The first kappa shape index (κ1) is 12.7. The van der Waals surface area contributed by atoms with Gasteiger partial charge in [-0.1, -0.05) is 23.7 Å². The molecule has 1 aromatic heterocycles. The molecule has 2 aromatic carbocycles. The van der Waals surface area contributed by atoms with Crippen molar-refractivity contribution in [1.82, 2.24) is 4.57 Å². The van der Waals surface area contributed by atoms with Crippen molar-refractivity contribution in [2.75, 3.05) is 0 Å². The predicted octanol–water partition coefficient (Wildman–Crippen LogP) is 4.25. The van der Waals surface area contributed by atoms with E-state index in [9.17, 15) is 10.1 Å². The molecule has 1 heterocycles. The molecule has 4 nitrogen and oxygen atoms in total. The van der Waals surface area contributed by atoms with Crippen LogP contribution in [0.5, 0.6) is 0 Å². The van der Waals surface area contributed by atoms with Gasteiger partial charge in [0.25, 0.3) is 5.69 Å². The van der Waals surface area contributed by atoms with Crippen LogP contribution in [0.1, 0.15) is 5.56 Å². The highest BCUT2D eigenvalue weighted by Gasteiger charge is 2.08. The molecule has 0 aliphatic heterocycles. The highest BCUT2D eigenvalue weighted by atomic mass is 35.5. The van der Waals surface area contributed by atoms with Gasteiger partial charge < -0.3 is 4.57 Å². The number of nitro groups is 1. The van der Waals surface area contributed by atoms with E-state index in [0.717, 1.165) is 16.5 Å². The van der Waals surface area contributed by atoms with Crippen LogP contribution in [0.25, 0.3) is 10.9 Å². The van der Waals surface area contributed by atoms with E-state index in [1.165, 1.54) is 6.07 Å². The van der Waals surface area contributed by atoms with E-state index in [1.54, 1.807) is 12.1 Å². The molecule has 0 aliphatic rings. The summed E-state index contributed by atoms with van der Waals surface area (Å²) in [5.41, 5.74) is 2.22. The zero-order valence-electron chi connectivity index (χ0n) is 10.5. The SMILES string of the molecule is O=[N+]([O-])c1ccc2c(ccn2Cc2ccc(Cl)cc2)c1. The minimum atomic E-state index is -0.379. The van der Waals surface area contributed by atoms with Gasteiger partial charge in [-0.15, -0.1) is 0 Å². The molecule has 0 aliphatic carbocycles. The van der Waals surface area contributed by atoms with Crippen molar-refractivity contribution >= 4 is 28.2 Å². The van der Waals surface area contributed by atoms with E-state index in [4.69, 9.17) is 11.6 Å². The summed E-state index contributed by atoms with van der Waals surface area (Å²) in [4.78, 5) is 10.4. The number of nitrogens with zero attached hydrogens (tertiary/aromatic N) is 2. The highest BCUT2D eigenvalue weighted by molar-refractivity contribution is 6.30. The summed E-state index contributed by atoms with van der Waals surface area (Å²) in [6.07, 6.45) is 1.93.